The van der Waals surface area contributed by atoms with Crippen molar-refractivity contribution in [3.05, 3.63) is 24.3 Å². The number of allylic oxidation sites excluding steroid dienone is 4. The lowest BCUT2D eigenvalue weighted by Crippen LogP contribution is -2.37. The maximum atomic E-state index is 12.4. The molecule has 0 bridgehead atoms. The lowest BCUT2D eigenvalue weighted by atomic mass is 10.0. The highest BCUT2D eigenvalue weighted by atomic mass is 16.3. The summed E-state index contributed by atoms with van der Waals surface area (Å²) >= 11 is 0. The van der Waals surface area contributed by atoms with Crippen LogP contribution in [0, 0.1) is 0 Å². The molecule has 0 fully saturated rings. The van der Waals surface area contributed by atoms with Gasteiger partial charge >= 0.3 is 0 Å². The highest BCUT2D eigenvalue weighted by Crippen LogP contribution is 2.17. The van der Waals surface area contributed by atoms with Gasteiger partial charge in [-0.2, -0.15) is 0 Å². The van der Waals surface area contributed by atoms with Gasteiger partial charge in [0.15, 0.2) is 0 Å². The summed E-state index contributed by atoms with van der Waals surface area (Å²) < 4.78 is 0. The lowest BCUT2D eigenvalue weighted by Gasteiger charge is -2.16. The zero-order chi connectivity index (χ0) is 42.1. The Labute approximate surface area is 363 Å². The molecule has 0 saturated heterocycles. The fourth-order valence-electron chi connectivity index (χ4n) is 8.26. The number of unbranched alkanes of at least 4 members (excludes halogenated alkanes) is 35. The van der Waals surface area contributed by atoms with Gasteiger partial charge in [-0.25, -0.2) is 0 Å². The Morgan fingerprint density at radius 2 is 0.707 bits per heavy atom. The predicted octanol–water partition coefficient (Wildman–Crippen LogP) is 17.3. The molecule has 0 radical (unpaired) electrons. The molecule has 58 heavy (non-hydrogen) atoms. The molecule has 1 amide bonds. The molecule has 0 rings (SSSR count). The van der Waals surface area contributed by atoms with Gasteiger partial charge in [-0.1, -0.05) is 244 Å². The Morgan fingerprint density at radius 3 is 1.10 bits per heavy atom. The van der Waals surface area contributed by atoms with Crippen molar-refractivity contribution < 1.29 is 14.7 Å². The number of aliphatic hydroxyl groups is 1. The van der Waals surface area contributed by atoms with Crippen molar-refractivity contribution in [2.45, 2.75) is 302 Å². The van der Waals surface area contributed by atoms with E-state index in [0.29, 0.717) is 12.2 Å². The number of Topliss-reactive ketones (excluding diaryl/α,β-unsaturated/α-hetero) is 1. The van der Waals surface area contributed by atoms with Crippen LogP contribution in [0.5, 0.6) is 0 Å². The molecule has 342 valence electrons. The highest BCUT2D eigenvalue weighted by Gasteiger charge is 2.11. The Kier molecular flexibility index (Phi) is 48.7. The number of carbonyl (C=O) groups is 2. The molecule has 0 spiro atoms. The molecule has 0 saturated carbocycles. The van der Waals surface area contributed by atoms with Crippen LogP contribution in [0.4, 0.5) is 0 Å². The second kappa shape index (κ2) is 49.9. The van der Waals surface area contributed by atoms with Crippen molar-refractivity contribution in [1.82, 2.24) is 5.32 Å². The third kappa shape index (κ3) is 47.3. The molecular formula is C54H103NO3. The minimum atomic E-state index is -0.0702. The number of nitrogens with one attached hydrogen (secondary N) is 1. The van der Waals surface area contributed by atoms with E-state index in [2.05, 4.69) is 43.5 Å². The van der Waals surface area contributed by atoms with Crippen LogP contribution in [-0.4, -0.2) is 29.4 Å². The first-order valence-electron chi connectivity index (χ1n) is 26.4. The summed E-state index contributed by atoms with van der Waals surface area (Å²) in [6.45, 7) is 4.60. The number of amides is 1. The van der Waals surface area contributed by atoms with E-state index in [1.807, 2.05) is 0 Å². The first kappa shape index (κ1) is 56.6. The summed E-state index contributed by atoms with van der Waals surface area (Å²) in [6.07, 6.45) is 64.0. The van der Waals surface area contributed by atoms with Crippen LogP contribution in [-0.2, 0) is 9.59 Å². The van der Waals surface area contributed by atoms with Crippen LogP contribution in [0.3, 0.4) is 0 Å². The largest absolute Gasteiger partial charge is 0.394 e. The van der Waals surface area contributed by atoms with Gasteiger partial charge in [0.1, 0.15) is 5.78 Å². The molecule has 0 aromatic carbocycles. The fraction of sp³-hybridized carbons (Fsp3) is 0.889. The Morgan fingerprint density at radius 1 is 0.397 bits per heavy atom. The first-order valence-corrected chi connectivity index (χ1v) is 26.4. The zero-order valence-corrected chi connectivity index (χ0v) is 39.5. The molecular weight excluding hydrogens is 711 g/mol. The van der Waals surface area contributed by atoms with E-state index in [0.717, 1.165) is 57.8 Å². The van der Waals surface area contributed by atoms with Gasteiger partial charge in [0.2, 0.25) is 5.91 Å². The molecule has 0 aliphatic carbocycles. The maximum Gasteiger partial charge on any atom is 0.220 e. The minimum absolute atomic E-state index is 0.0584. The van der Waals surface area contributed by atoms with Gasteiger partial charge in [-0.05, 0) is 57.8 Å². The Hall–Kier alpha value is -1.42. The predicted molar refractivity (Wildman–Crippen MR) is 257 cm³/mol. The molecule has 4 nitrogen and oxygen atoms in total. The lowest BCUT2D eigenvalue weighted by molar-refractivity contribution is -0.122. The van der Waals surface area contributed by atoms with E-state index in [1.165, 1.54) is 218 Å². The van der Waals surface area contributed by atoms with Crippen LogP contribution >= 0.6 is 0 Å². The molecule has 0 heterocycles. The number of carbonyl (C=O) groups excluding carboxylic acids is 2. The monoisotopic (exact) mass is 814 g/mol. The maximum absolute atomic E-state index is 12.4. The van der Waals surface area contributed by atoms with Crippen LogP contribution in [0.15, 0.2) is 24.3 Å². The van der Waals surface area contributed by atoms with Crippen LogP contribution in [0.2, 0.25) is 0 Å². The van der Waals surface area contributed by atoms with E-state index in [1.54, 1.807) is 0 Å². The van der Waals surface area contributed by atoms with Crippen molar-refractivity contribution >= 4 is 11.7 Å². The first-order chi connectivity index (χ1) is 28.6. The standard InChI is InChI=1S/C54H103NO3/c1-3-5-7-9-11-13-15-17-19-21-23-27-31-35-39-43-47-52(51-56)55-54(58)50-46-42-38-34-30-26-22-25-29-33-37-41-45-49-53(57)48-44-40-36-32-28-24-20-18-16-14-12-10-8-6-4-2/h12,14,18,20,52,56H,3-11,13,15-17,19,21-51H2,1-2H3,(H,55,58)/t52-/m0/s1. The Bertz CT molecular complexity index is 882. The molecule has 2 N–H and O–H groups in total. The van der Waals surface area contributed by atoms with Gasteiger partial charge in [0, 0.05) is 19.3 Å². The normalized spacial score (nSPS) is 12.3. The van der Waals surface area contributed by atoms with Crippen molar-refractivity contribution in [2.24, 2.45) is 0 Å². The van der Waals surface area contributed by atoms with E-state index in [4.69, 9.17) is 0 Å². The van der Waals surface area contributed by atoms with E-state index < -0.39 is 0 Å². The zero-order valence-electron chi connectivity index (χ0n) is 39.5. The number of aliphatic hydroxyl groups excluding tert-OH is 1. The summed E-state index contributed by atoms with van der Waals surface area (Å²) in [6, 6.07) is -0.0702. The summed E-state index contributed by atoms with van der Waals surface area (Å²) in [7, 11) is 0. The van der Waals surface area contributed by atoms with Gasteiger partial charge < -0.3 is 10.4 Å². The molecule has 0 unspecified atom stereocenters. The second-order valence-electron chi connectivity index (χ2n) is 18.2. The Balaban J connectivity index is 3.39. The third-order valence-electron chi connectivity index (χ3n) is 12.3. The topological polar surface area (TPSA) is 66.4 Å². The van der Waals surface area contributed by atoms with E-state index in [9.17, 15) is 14.7 Å². The fourth-order valence-corrected chi connectivity index (χ4v) is 8.26. The smallest absolute Gasteiger partial charge is 0.220 e. The van der Waals surface area contributed by atoms with Crippen molar-refractivity contribution in [2.75, 3.05) is 6.61 Å². The van der Waals surface area contributed by atoms with Crippen LogP contribution < -0.4 is 5.32 Å². The molecule has 0 aromatic rings. The van der Waals surface area contributed by atoms with Crippen molar-refractivity contribution in [1.29, 1.82) is 0 Å². The number of rotatable bonds is 49. The summed E-state index contributed by atoms with van der Waals surface area (Å²) in [5, 5.41) is 12.9. The highest BCUT2D eigenvalue weighted by molar-refractivity contribution is 5.78. The quantitative estimate of drug-likeness (QED) is 0.0475. The molecule has 0 aromatic heterocycles. The molecule has 0 aliphatic heterocycles. The third-order valence-corrected chi connectivity index (χ3v) is 12.3. The number of hydrogen-bond donors (Lipinski definition) is 2. The summed E-state index contributed by atoms with van der Waals surface area (Å²) in [5.74, 6) is 0.606. The summed E-state index contributed by atoms with van der Waals surface area (Å²) in [4.78, 5) is 24.7. The van der Waals surface area contributed by atoms with Gasteiger partial charge in [0.05, 0.1) is 12.6 Å². The van der Waals surface area contributed by atoms with Crippen LogP contribution in [0.1, 0.15) is 296 Å². The summed E-state index contributed by atoms with van der Waals surface area (Å²) in [5.41, 5.74) is 0. The average molecular weight is 814 g/mol. The molecule has 4 heteroatoms. The molecule has 1 atom stereocenters. The van der Waals surface area contributed by atoms with Gasteiger partial charge in [-0.15, -0.1) is 0 Å². The minimum Gasteiger partial charge on any atom is -0.394 e. The van der Waals surface area contributed by atoms with Crippen molar-refractivity contribution in [3.8, 4) is 0 Å². The van der Waals surface area contributed by atoms with Crippen molar-refractivity contribution in [3.63, 3.8) is 0 Å². The number of ketones is 1. The van der Waals surface area contributed by atoms with Gasteiger partial charge in [-0.3, -0.25) is 9.59 Å². The van der Waals surface area contributed by atoms with E-state index in [-0.39, 0.29) is 18.6 Å². The van der Waals surface area contributed by atoms with Gasteiger partial charge in [0.25, 0.3) is 0 Å². The second-order valence-corrected chi connectivity index (χ2v) is 18.2. The number of hydrogen-bond acceptors (Lipinski definition) is 3. The molecule has 0 aliphatic rings. The van der Waals surface area contributed by atoms with E-state index >= 15 is 0 Å². The van der Waals surface area contributed by atoms with Crippen LogP contribution in [0.25, 0.3) is 0 Å². The SMILES string of the molecule is CCCCCC=CCC=CCCCCCCCC(=O)CCCCCCCCCCCCCCCC(=O)N[C@H](CO)CCCCCCCCCCCCCCCCCC. The average Bonchev–Trinajstić information content (AvgIpc) is 3.22.